The molecule has 0 atom stereocenters. The van der Waals surface area contributed by atoms with Crippen molar-refractivity contribution in [1.82, 2.24) is 0 Å². The van der Waals surface area contributed by atoms with E-state index in [2.05, 4.69) is 38.7 Å². The van der Waals surface area contributed by atoms with E-state index in [1.165, 1.54) is 11.1 Å². The van der Waals surface area contributed by atoms with Crippen LogP contribution >= 0.6 is 11.8 Å². The highest BCUT2D eigenvalue weighted by Crippen LogP contribution is 2.07. The molecule has 0 aliphatic heterocycles. The van der Waals surface area contributed by atoms with Crippen LogP contribution in [0.15, 0.2) is 0 Å². The van der Waals surface area contributed by atoms with Crippen molar-refractivity contribution in [3.05, 3.63) is 0 Å². The van der Waals surface area contributed by atoms with Gasteiger partial charge in [-0.05, 0) is 17.0 Å². The van der Waals surface area contributed by atoms with Gasteiger partial charge in [-0.2, -0.15) is 11.8 Å². The van der Waals surface area contributed by atoms with Crippen molar-refractivity contribution in [2.24, 2.45) is 5.92 Å². The molecule has 0 rings (SSSR count). The van der Waals surface area contributed by atoms with Crippen LogP contribution < -0.4 is 0 Å². The summed E-state index contributed by atoms with van der Waals surface area (Å²) in [5.74, 6) is 2.23. The van der Waals surface area contributed by atoms with E-state index >= 15 is 0 Å². The Bertz CT molecular complexity index is 53.9. The van der Waals surface area contributed by atoms with E-state index in [0.717, 1.165) is 5.92 Å². The van der Waals surface area contributed by atoms with Gasteiger partial charge in [0.15, 0.2) is 0 Å². The molecule has 0 nitrogen and oxygen atoms in total. The second-order valence-electron chi connectivity index (χ2n) is 3.33. The smallest absolute Gasteiger partial charge is 0.0418 e. The normalized spacial score (nSPS) is 11.3. The Kier molecular flexibility index (Phi) is 5.70. The molecule has 0 fully saturated rings. The lowest BCUT2D eigenvalue weighted by atomic mass is 10.3. The predicted octanol–water partition coefficient (Wildman–Crippen LogP) is 2.40. The fourth-order valence-corrected chi connectivity index (χ4v) is 3.44. The van der Waals surface area contributed by atoms with Crippen molar-refractivity contribution in [1.29, 1.82) is 0 Å². The molecule has 0 aliphatic carbocycles. The largest absolute Gasteiger partial charge is 0.165 e. The van der Waals surface area contributed by atoms with Gasteiger partial charge in [0.25, 0.3) is 0 Å². The Morgan fingerprint density at radius 2 is 1.89 bits per heavy atom. The molecule has 0 aromatic carbocycles. The van der Waals surface area contributed by atoms with E-state index in [1.54, 1.807) is 0 Å². The van der Waals surface area contributed by atoms with Gasteiger partial charge in [0.05, 0.1) is 0 Å². The van der Waals surface area contributed by atoms with Crippen molar-refractivity contribution in [2.45, 2.75) is 26.9 Å². The predicted molar refractivity (Wildman–Crippen MR) is 51.0 cm³/mol. The third-order valence-electron chi connectivity index (χ3n) is 0.902. The molecule has 0 unspecified atom stereocenters. The van der Waals surface area contributed by atoms with Crippen LogP contribution in [0.4, 0.5) is 0 Å². The van der Waals surface area contributed by atoms with E-state index in [9.17, 15) is 0 Å². The minimum atomic E-state index is -0.266. The molecule has 0 saturated heterocycles. The number of hydrogen-bond acceptors (Lipinski definition) is 1. The first-order valence-electron chi connectivity index (χ1n) is 3.70. The van der Waals surface area contributed by atoms with Crippen LogP contribution in [0.5, 0.6) is 0 Å². The Hall–Kier alpha value is 0.567. The molecule has 0 spiro atoms. The van der Waals surface area contributed by atoms with Crippen LogP contribution in [0.2, 0.25) is 13.1 Å². The van der Waals surface area contributed by atoms with Gasteiger partial charge in [-0.25, -0.2) is 0 Å². The van der Waals surface area contributed by atoms with Gasteiger partial charge in [0.1, 0.15) is 0 Å². The van der Waals surface area contributed by atoms with E-state index in [-0.39, 0.29) is 8.80 Å². The number of thioether (sulfide) groups is 1. The lowest BCUT2D eigenvalue weighted by Gasteiger charge is -2.04. The van der Waals surface area contributed by atoms with Gasteiger partial charge < -0.3 is 0 Å². The molecule has 0 aromatic rings. The average molecular weight is 162 g/mol. The highest BCUT2D eigenvalue weighted by atomic mass is 32.2. The van der Waals surface area contributed by atoms with Gasteiger partial charge in [-0.3, -0.25) is 0 Å². The summed E-state index contributed by atoms with van der Waals surface area (Å²) in [5, 5.41) is 1.46. The van der Waals surface area contributed by atoms with Gasteiger partial charge >= 0.3 is 0 Å². The maximum absolute atomic E-state index is 2.41. The van der Waals surface area contributed by atoms with Crippen molar-refractivity contribution in [3.8, 4) is 0 Å². The number of hydrogen-bond donors (Lipinski definition) is 0. The summed E-state index contributed by atoms with van der Waals surface area (Å²) in [6.07, 6.45) is 0. The highest BCUT2D eigenvalue weighted by molar-refractivity contribution is 8.00. The summed E-state index contributed by atoms with van der Waals surface area (Å²) in [5.41, 5.74) is 0. The summed E-state index contributed by atoms with van der Waals surface area (Å²) in [6, 6.07) is 0. The topological polar surface area (TPSA) is 0 Å². The minimum Gasteiger partial charge on any atom is -0.165 e. The Balaban J connectivity index is 2.91. The first kappa shape index (κ1) is 9.57. The summed E-state index contributed by atoms with van der Waals surface area (Å²) >= 11 is 2.13. The summed E-state index contributed by atoms with van der Waals surface area (Å²) in [6.45, 7) is 9.39. The molecule has 0 bridgehead atoms. The lowest BCUT2D eigenvalue weighted by Crippen LogP contribution is -2.05. The van der Waals surface area contributed by atoms with E-state index in [4.69, 9.17) is 0 Å². The zero-order valence-corrected chi connectivity index (χ0v) is 8.95. The molecular formula is C7H18SSi. The zero-order chi connectivity index (χ0) is 7.28. The van der Waals surface area contributed by atoms with Crippen LogP contribution in [-0.4, -0.2) is 19.9 Å². The molecule has 0 amide bonds. The average Bonchev–Trinajstić information content (AvgIpc) is 1.63. The maximum atomic E-state index is 2.41. The summed E-state index contributed by atoms with van der Waals surface area (Å²) in [7, 11) is -0.266. The van der Waals surface area contributed by atoms with Crippen LogP contribution in [0, 0.1) is 5.92 Å². The van der Waals surface area contributed by atoms with Gasteiger partial charge in [-0.15, -0.1) is 0 Å². The van der Waals surface area contributed by atoms with Crippen molar-refractivity contribution in [3.63, 3.8) is 0 Å². The molecule has 9 heavy (non-hydrogen) atoms. The summed E-state index contributed by atoms with van der Waals surface area (Å²) < 4.78 is 0. The molecular weight excluding hydrogens is 144 g/mol. The molecule has 0 radical (unpaired) electrons. The Morgan fingerprint density at radius 3 is 2.22 bits per heavy atom. The van der Waals surface area contributed by atoms with E-state index < -0.39 is 0 Å². The molecule has 0 aliphatic rings. The molecule has 2 heteroatoms. The lowest BCUT2D eigenvalue weighted by molar-refractivity contribution is 0.751. The highest BCUT2D eigenvalue weighted by Gasteiger charge is 1.97. The molecule has 0 aromatic heterocycles. The SMILES string of the molecule is CC(C)CSC[SiH](C)C. The van der Waals surface area contributed by atoms with Crippen LogP contribution in [0.1, 0.15) is 13.8 Å². The zero-order valence-electron chi connectivity index (χ0n) is 6.98. The first-order chi connectivity index (χ1) is 4.13. The first-order valence-corrected chi connectivity index (χ1v) is 7.98. The van der Waals surface area contributed by atoms with Crippen molar-refractivity contribution < 1.29 is 0 Å². The molecule has 0 heterocycles. The van der Waals surface area contributed by atoms with Gasteiger partial charge in [0.2, 0.25) is 0 Å². The third kappa shape index (κ3) is 8.57. The monoisotopic (exact) mass is 162 g/mol. The fraction of sp³-hybridized carbons (Fsp3) is 1.00. The summed E-state index contributed by atoms with van der Waals surface area (Å²) in [4.78, 5) is 0. The molecule has 56 valence electrons. The van der Waals surface area contributed by atoms with Crippen LogP contribution in [0.25, 0.3) is 0 Å². The molecule has 0 N–H and O–H groups in total. The fourth-order valence-electron chi connectivity index (χ4n) is 0.539. The van der Waals surface area contributed by atoms with Crippen molar-refractivity contribution >= 4 is 20.6 Å². The quantitative estimate of drug-likeness (QED) is 0.572. The minimum absolute atomic E-state index is 0.266. The van der Waals surface area contributed by atoms with E-state index in [0.29, 0.717) is 0 Å². The van der Waals surface area contributed by atoms with Crippen molar-refractivity contribution in [2.75, 3.05) is 11.1 Å². The molecule has 0 saturated carbocycles. The second-order valence-corrected chi connectivity index (χ2v) is 8.19. The second kappa shape index (κ2) is 5.36. The van der Waals surface area contributed by atoms with Gasteiger partial charge in [0, 0.05) is 8.80 Å². The third-order valence-corrected chi connectivity index (χ3v) is 5.41. The maximum Gasteiger partial charge on any atom is 0.0418 e. The Labute approximate surface area is 65.0 Å². The van der Waals surface area contributed by atoms with Gasteiger partial charge in [-0.1, -0.05) is 26.9 Å². The number of rotatable bonds is 4. The Morgan fingerprint density at radius 1 is 1.33 bits per heavy atom. The van der Waals surface area contributed by atoms with Crippen LogP contribution in [0.3, 0.4) is 0 Å². The van der Waals surface area contributed by atoms with Crippen LogP contribution in [-0.2, 0) is 0 Å². The van der Waals surface area contributed by atoms with E-state index in [1.807, 2.05) is 0 Å². The standard InChI is InChI=1S/C7H18SSi/c1-7(2)5-8-6-9(3)4/h7,9H,5-6H2,1-4H3.